The van der Waals surface area contributed by atoms with Gasteiger partial charge in [-0.1, -0.05) is 13.8 Å². The van der Waals surface area contributed by atoms with Crippen LogP contribution in [0, 0.1) is 5.92 Å². The summed E-state index contributed by atoms with van der Waals surface area (Å²) < 4.78 is 0. The summed E-state index contributed by atoms with van der Waals surface area (Å²) in [7, 11) is 1.92. The fourth-order valence-corrected chi connectivity index (χ4v) is 2.24. The Kier molecular flexibility index (Phi) is 5.26. The Morgan fingerprint density at radius 1 is 1.56 bits per heavy atom. The van der Waals surface area contributed by atoms with Gasteiger partial charge in [-0.2, -0.15) is 0 Å². The van der Waals surface area contributed by atoms with Gasteiger partial charge in [-0.25, -0.2) is 0 Å². The Labute approximate surface area is 99.6 Å². The van der Waals surface area contributed by atoms with Gasteiger partial charge in [-0.3, -0.25) is 4.79 Å². The molecule has 3 heteroatoms. The summed E-state index contributed by atoms with van der Waals surface area (Å²) in [5.41, 5.74) is 0. The molecule has 94 valence electrons. The Morgan fingerprint density at radius 3 is 2.81 bits per heavy atom. The number of hydrogen-bond acceptors (Lipinski definition) is 2. The van der Waals surface area contributed by atoms with Gasteiger partial charge in [0.1, 0.15) is 0 Å². The van der Waals surface area contributed by atoms with Crippen LogP contribution in [0.1, 0.15) is 46.5 Å². The zero-order chi connectivity index (χ0) is 12.1. The minimum atomic E-state index is 0.278. The molecule has 0 spiro atoms. The molecule has 0 radical (unpaired) electrons. The highest BCUT2D eigenvalue weighted by atomic mass is 16.2. The largest absolute Gasteiger partial charge is 0.343 e. The Balaban J connectivity index is 2.43. The summed E-state index contributed by atoms with van der Waals surface area (Å²) >= 11 is 0. The highest BCUT2D eigenvalue weighted by molar-refractivity contribution is 5.76. The lowest BCUT2D eigenvalue weighted by atomic mass is 9.90. The monoisotopic (exact) mass is 226 g/mol. The lowest BCUT2D eigenvalue weighted by Gasteiger charge is -2.32. The fourth-order valence-electron chi connectivity index (χ4n) is 2.24. The van der Waals surface area contributed by atoms with Gasteiger partial charge in [-0.15, -0.1) is 0 Å². The Hall–Kier alpha value is -0.570. The van der Waals surface area contributed by atoms with E-state index in [-0.39, 0.29) is 5.91 Å². The molecular weight excluding hydrogens is 200 g/mol. The average Bonchev–Trinajstić information content (AvgIpc) is 2.30. The molecule has 1 aliphatic rings. The maximum Gasteiger partial charge on any atom is 0.224 e. The van der Waals surface area contributed by atoms with E-state index in [0.717, 1.165) is 13.0 Å². The van der Waals surface area contributed by atoms with E-state index < -0.39 is 0 Å². The van der Waals surface area contributed by atoms with Crippen molar-refractivity contribution in [2.24, 2.45) is 5.92 Å². The average molecular weight is 226 g/mol. The second-order valence-corrected chi connectivity index (χ2v) is 5.15. The summed E-state index contributed by atoms with van der Waals surface area (Å²) in [4.78, 5) is 13.9. The SMILES string of the molecule is CCC(C)N(C)C(=O)CC1NCCCC1C. The normalized spacial score (nSPS) is 27.5. The second kappa shape index (κ2) is 6.24. The van der Waals surface area contributed by atoms with Crippen molar-refractivity contribution in [3.63, 3.8) is 0 Å². The van der Waals surface area contributed by atoms with E-state index in [1.807, 2.05) is 11.9 Å². The standard InChI is InChI=1S/C13H26N2O/c1-5-11(3)15(4)13(16)9-12-10(2)7-6-8-14-12/h10-12,14H,5-9H2,1-4H3. The molecule has 1 saturated heterocycles. The van der Waals surface area contributed by atoms with Crippen molar-refractivity contribution >= 4 is 5.91 Å². The van der Waals surface area contributed by atoms with Crippen LogP contribution in [-0.2, 0) is 4.79 Å². The first-order valence-corrected chi connectivity index (χ1v) is 6.55. The lowest BCUT2D eigenvalue weighted by Crippen LogP contribution is -2.45. The van der Waals surface area contributed by atoms with E-state index >= 15 is 0 Å². The van der Waals surface area contributed by atoms with Gasteiger partial charge in [0.25, 0.3) is 0 Å². The Bertz CT molecular complexity index is 230. The van der Waals surface area contributed by atoms with Gasteiger partial charge in [0.2, 0.25) is 5.91 Å². The number of carbonyl (C=O) groups excluding carboxylic acids is 1. The third-order valence-electron chi connectivity index (χ3n) is 3.97. The molecule has 3 nitrogen and oxygen atoms in total. The number of rotatable bonds is 4. The molecule has 16 heavy (non-hydrogen) atoms. The van der Waals surface area contributed by atoms with Crippen molar-refractivity contribution < 1.29 is 4.79 Å². The van der Waals surface area contributed by atoms with Crippen LogP contribution < -0.4 is 5.32 Å². The number of hydrogen-bond donors (Lipinski definition) is 1. The molecule has 1 aliphatic heterocycles. The van der Waals surface area contributed by atoms with Gasteiger partial charge in [0.15, 0.2) is 0 Å². The molecule has 0 saturated carbocycles. The lowest BCUT2D eigenvalue weighted by molar-refractivity contribution is -0.132. The minimum absolute atomic E-state index is 0.278. The van der Waals surface area contributed by atoms with E-state index in [2.05, 4.69) is 26.1 Å². The molecule has 1 N–H and O–H groups in total. The zero-order valence-electron chi connectivity index (χ0n) is 11.1. The molecule has 0 bridgehead atoms. The molecule has 1 rings (SSSR count). The highest BCUT2D eigenvalue weighted by Gasteiger charge is 2.25. The van der Waals surface area contributed by atoms with Gasteiger partial charge < -0.3 is 10.2 Å². The summed E-state index contributed by atoms with van der Waals surface area (Å²) in [6, 6.07) is 0.735. The van der Waals surface area contributed by atoms with Crippen LogP contribution in [0.5, 0.6) is 0 Å². The third kappa shape index (κ3) is 3.48. The smallest absolute Gasteiger partial charge is 0.224 e. The van der Waals surface area contributed by atoms with Gasteiger partial charge >= 0.3 is 0 Å². The van der Waals surface area contributed by atoms with Crippen molar-refractivity contribution in [2.45, 2.75) is 58.5 Å². The molecular formula is C13H26N2O. The molecule has 0 aromatic carbocycles. The van der Waals surface area contributed by atoms with Crippen molar-refractivity contribution in [3.05, 3.63) is 0 Å². The molecule has 0 aromatic rings. The summed E-state index contributed by atoms with van der Waals surface area (Å²) in [5, 5.41) is 3.46. The predicted octanol–water partition coefficient (Wildman–Crippen LogP) is 2.02. The van der Waals surface area contributed by atoms with E-state index in [4.69, 9.17) is 0 Å². The van der Waals surface area contributed by atoms with Crippen LogP contribution in [0.4, 0.5) is 0 Å². The van der Waals surface area contributed by atoms with Crippen LogP contribution in [0.15, 0.2) is 0 Å². The first-order chi connectivity index (χ1) is 7.56. The number of nitrogens with zero attached hydrogens (tertiary/aromatic N) is 1. The van der Waals surface area contributed by atoms with Crippen LogP contribution in [0.25, 0.3) is 0 Å². The fraction of sp³-hybridized carbons (Fsp3) is 0.923. The van der Waals surface area contributed by atoms with Crippen LogP contribution in [-0.4, -0.2) is 36.5 Å². The first kappa shape index (κ1) is 13.5. The number of amides is 1. The van der Waals surface area contributed by atoms with Crippen LogP contribution >= 0.6 is 0 Å². The maximum absolute atomic E-state index is 12.0. The number of piperidine rings is 1. The molecule has 1 fully saturated rings. The van der Waals surface area contributed by atoms with Crippen molar-refractivity contribution in [1.29, 1.82) is 0 Å². The van der Waals surface area contributed by atoms with Gasteiger partial charge in [-0.05, 0) is 38.6 Å². The summed E-state index contributed by atoms with van der Waals surface area (Å²) in [5.74, 6) is 0.906. The molecule has 3 unspecified atom stereocenters. The minimum Gasteiger partial charge on any atom is -0.343 e. The zero-order valence-corrected chi connectivity index (χ0v) is 11.1. The van der Waals surface area contributed by atoms with E-state index in [1.54, 1.807) is 0 Å². The molecule has 0 aliphatic carbocycles. The van der Waals surface area contributed by atoms with E-state index in [0.29, 0.717) is 24.4 Å². The summed E-state index contributed by atoms with van der Waals surface area (Å²) in [6.07, 6.45) is 4.17. The van der Waals surface area contributed by atoms with E-state index in [1.165, 1.54) is 12.8 Å². The first-order valence-electron chi connectivity index (χ1n) is 6.55. The second-order valence-electron chi connectivity index (χ2n) is 5.15. The van der Waals surface area contributed by atoms with Crippen molar-refractivity contribution in [2.75, 3.05) is 13.6 Å². The topological polar surface area (TPSA) is 32.3 Å². The maximum atomic E-state index is 12.0. The van der Waals surface area contributed by atoms with E-state index in [9.17, 15) is 4.79 Å². The Morgan fingerprint density at radius 2 is 2.25 bits per heavy atom. The molecule has 1 amide bonds. The molecule has 3 atom stereocenters. The quantitative estimate of drug-likeness (QED) is 0.795. The van der Waals surface area contributed by atoms with Crippen molar-refractivity contribution in [1.82, 2.24) is 10.2 Å². The molecule has 1 heterocycles. The highest BCUT2D eigenvalue weighted by Crippen LogP contribution is 2.19. The van der Waals surface area contributed by atoms with Crippen LogP contribution in [0.3, 0.4) is 0 Å². The summed E-state index contributed by atoms with van der Waals surface area (Å²) in [6.45, 7) is 7.54. The van der Waals surface area contributed by atoms with Gasteiger partial charge in [0.05, 0.1) is 0 Å². The van der Waals surface area contributed by atoms with Crippen LogP contribution in [0.2, 0.25) is 0 Å². The molecule has 0 aromatic heterocycles. The third-order valence-corrected chi connectivity index (χ3v) is 3.97. The predicted molar refractivity (Wildman–Crippen MR) is 67.3 cm³/mol. The number of carbonyl (C=O) groups is 1. The van der Waals surface area contributed by atoms with Gasteiger partial charge in [0, 0.05) is 25.6 Å². The number of nitrogens with one attached hydrogen (secondary N) is 1. The van der Waals surface area contributed by atoms with Crippen molar-refractivity contribution in [3.8, 4) is 0 Å².